The van der Waals surface area contributed by atoms with Crippen molar-refractivity contribution in [2.75, 3.05) is 19.6 Å². The second-order valence-electron chi connectivity index (χ2n) is 9.86. The molecule has 2 amide bonds. The highest BCUT2D eigenvalue weighted by atomic mass is 19.1. The molecule has 180 valence electrons. The van der Waals surface area contributed by atoms with Crippen LogP contribution in [0.2, 0.25) is 0 Å². The zero-order chi connectivity index (χ0) is 24.8. The topological polar surface area (TPSA) is 96.8 Å². The van der Waals surface area contributed by atoms with Crippen LogP contribution >= 0.6 is 0 Å². The second kappa shape index (κ2) is 8.79. The molecule has 4 rings (SSSR count). The van der Waals surface area contributed by atoms with Crippen LogP contribution < -0.4 is 5.73 Å². The number of carbonyl (C=O) groups excluding carboxylic acids is 2. The van der Waals surface area contributed by atoms with E-state index in [1.165, 1.54) is 12.1 Å². The minimum Gasteiger partial charge on any atom is -0.335 e. The van der Waals surface area contributed by atoms with Crippen LogP contribution in [0.5, 0.6) is 0 Å². The normalized spacial score (nSPS) is 17.0. The van der Waals surface area contributed by atoms with E-state index < -0.39 is 5.54 Å². The third kappa shape index (κ3) is 4.52. The largest absolute Gasteiger partial charge is 0.335 e. The van der Waals surface area contributed by atoms with Crippen molar-refractivity contribution < 1.29 is 14.0 Å². The molecule has 1 aromatic carbocycles. The van der Waals surface area contributed by atoms with E-state index in [-0.39, 0.29) is 29.6 Å². The van der Waals surface area contributed by atoms with E-state index in [1.54, 1.807) is 46.5 Å². The molecule has 0 saturated carbocycles. The Morgan fingerprint density at radius 3 is 2.44 bits per heavy atom. The molecule has 0 bridgehead atoms. The van der Waals surface area contributed by atoms with Crippen molar-refractivity contribution in [1.29, 1.82) is 0 Å². The molecule has 2 N–H and O–H groups in total. The van der Waals surface area contributed by atoms with Gasteiger partial charge in [-0.25, -0.2) is 13.9 Å². The molecule has 2 aromatic heterocycles. The van der Waals surface area contributed by atoms with E-state index in [1.807, 2.05) is 13.0 Å². The first kappa shape index (κ1) is 23.8. The van der Waals surface area contributed by atoms with Gasteiger partial charge in [-0.1, -0.05) is 13.8 Å². The van der Waals surface area contributed by atoms with Gasteiger partial charge in [-0.15, -0.1) is 0 Å². The Balaban J connectivity index is 1.62. The molecular formula is C25H31FN6O2. The number of hydrogen-bond acceptors (Lipinski definition) is 5. The number of hydrogen-bond donors (Lipinski definition) is 1. The van der Waals surface area contributed by atoms with Crippen LogP contribution in [0.15, 0.2) is 36.5 Å². The number of amides is 2. The predicted octanol–water partition coefficient (Wildman–Crippen LogP) is 3.07. The van der Waals surface area contributed by atoms with Crippen molar-refractivity contribution in [3.63, 3.8) is 0 Å². The first-order chi connectivity index (χ1) is 16.0. The molecule has 1 fully saturated rings. The van der Waals surface area contributed by atoms with E-state index >= 15 is 0 Å². The number of fused-ring (bicyclic) bond motifs is 1. The Morgan fingerprint density at radius 2 is 1.85 bits per heavy atom. The summed E-state index contributed by atoms with van der Waals surface area (Å²) in [5.74, 6) is -0.492. The van der Waals surface area contributed by atoms with Gasteiger partial charge in [0.05, 0.1) is 17.4 Å². The minimum absolute atomic E-state index is 0.126. The number of nitrogens with zero attached hydrogens (tertiary/aromatic N) is 5. The lowest BCUT2D eigenvalue weighted by atomic mass is 10.0. The van der Waals surface area contributed by atoms with Gasteiger partial charge in [0.25, 0.3) is 5.91 Å². The maximum Gasteiger partial charge on any atom is 0.274 e. The van der Waals surface area contributed by atoms with E-state index in [0.717, 1.165) is 11.1 Å². The number of imidazole rings is 1. The average molecular weight is 467 g/mol. The summed E-state index contributed by atoms with van der Waals surface area (Å²) in [5.41, 5.74) is 8.37. The molecule has 1 atom stereocenters. The summed E-state index contributed by atoms with van der Waals surface area (Å²) in [5, 5.41) is 4.64. The highest BCUT2D eigenvalue weighted by molar-refractivity contribution is 5.93. The number of aromatic nitrogens is 3. The Morgan fingerprint density at radius 1 is 1.18 bits per heavy atom. The quantitative estimate of drug-likeness (QED) is 0.637. The first-order valence-corrected chi connectivity index (χ1v) is 11.5. The van der Waals surface area contributed by atoms with Gasteiger partial charge in [0.15, 0.2) is 5.65 Å². The predicted molar refractivity (Wildman–Crippen MR) is 128 cm³/mol. The third-order valence-electron chi connectivity index (χ3n) is 6.16. The summed E-state index contributed by atoms with van der Waals surface area (Å²) in [4.78, 5) is 34.0. The fourth-order valence-corrected chi connectivity index (χ4v) is 4.27. The number of piperazine rings is 1. The zero-order valence-corrected chi connectivity index (χ0v) is 20.2. The van der Waals surface area contributed by atoms with E-state index in [0.29, 0.717) is 36.7 Å². The van der Waals surface area contributed by atoms with Crippen LogP contribution in [0.4, 0.5) is 4.39 Å². The molecule has 1 aliphatic rings. The summed E-state index contributed by atoms with van der Waals surface area (Å²) in [7, 11) is 0. The Hall–Kier alpha value is -3.33. The molecule has 0 aliphatic carbocycles. The molecule has 1 saturated heterocycles. The van der Waals surface area contributed by atoms with E-state index in [4.69, 9.17) is 5.73 Å². The average Bonchev–Trinajstić information content (AvgIpc) is 3.21. The SMILES string of the molecule is CC(C)c1cc(-c2ccc(F)cc2)nn2cc(C(=O)N3CCN(C(=O)C(C)(C)N)[C@@H](C)C3)nc12. The molecular weight excluding hydrogens is 435 g/mol. The van der Waals surface area contributed by atoms with Crippen molar-refractivity contribution in [2.24, 2.45) is 5.73 Å². The molecule has 0 spiro atoms. The van der Waals surface area contributed by atoms with E-state index in [9.17, 15) is 14.0 Å². The fourth-order valence-electron chi connectivity index (χ4n) is 4.27. The van der Waals surface area contributed by atoms with Crippen LogP contribution in [-0.2, 0) is 4.79 Å². The molecule has 9 heteroatoms. The van der Waals surface area contributed by atoms with Crippen LogP contribution in [0.3, 0.4) is 0 Å². The Kier molecular flexibility index (Phi) is 6.16. The summed E-state index contributed by atoms with van der Waals surface area (Å²) in [6, 6.07) is 7.95. The number of halogens is 1. The molecule has 3 heterocycles. The molecule has 1 aliphatic heterocycles. The number of rotatable bonds is 4. The minimum atomic E-state index is -0.955. The summed E-state index contributed by atoms with van der Waals surface area (Å²) in [6.07, 6.45) is 1.64. The monoisotopic (exact) mass is 466 g/mol. The van der Waals surface area contributed by atoms with Gasteiger partial charge in [0, 0.05) is 36.8 Å². The van der Waals surface area contributed by atoms with Crippen molar-refractivity contribution in [1.82, 2.24) is 24.4 Å². The highest BCUT2D eigenvalue weighted by Crippen LogP contribution is 2.26. The van der Waals surface area contributed by atoms with Gasteiger partial charge in [-0.3, -0.25) is 9.59 Å². The molecule has 0 unspecified atom stereocenters. The van der Waals surface area contributed by atoms with Gasteiger partial charge in [0.2, 0.25) is 5.91 Å². The summed E-state index contributed by atoms with van der Waals surface area (Å²) in [6.45, 7) is 10.6. The maximum atomic E-state index is 13.4. The fraction of sp³-hybridized carbons (Fsp3) is 0.440. The zero-order valence-electron chi connectivity index (χ0n) is 20.2. The van der Waals surface area contributed by atoms with Crippen LogP contribution in [0.1, 0.15) is 56.6 Å². The second-order valence-corrected chi connectivity index (χ2v) is 9.86. The lowest BCUT2D eigenvalue weighted by molar-refractivity contribution is -0.139. The number of nitrogens with two attached hydrogens (primary N) is 1. The highest BCUT2D eigenvalue weighted by Gasteiger charge is 2.36. The van der Waals surface area contributed by atoms with Crippen molar-refractivity contribution in [2.45, 2.75) is 52.1 Å². The molecule has 8 nitrogen and oxygen atoms in total. The lowest BCUT2D eigenvalue weighted by Crippen LogP contribution is -2.61. The maximum absolute atomic E-state index is 13.4. The Bertz CT molecular complexity index is 1230. The van der Waals surface area contributed by atoms with E-state index in [2.05, 4.69) is 23.9 Å². The first-order valence-electron chi connectivity index (χ1n) is 11.5. The van der Waals surface area contributed by atoms with Crippen molar-refractivity contribution in [3.05, 3.63) is 53.6 Å². The van der Waals surface area contributed by atoms with Gasteiger partial charge < -0.3 is 15.5 Å². The van der Waals surface area contributed by atoms with Crippen molar-refractivity contribution >= 4 is 17.5 Å². The lowest BCUT2D eigenvalue weighted by Gasteiger charge is -2.42. The van der Waals surface area contributed by atoms with Gasteiger partial charge in [-0.2, -0.15) is 5.10 Å². The van der Waals surface area contributed by atoms with Crippen LogP contribution in [0.25, 0.3) is 16.9 Å². The van der Waals surface area contributed by atoms with Crippen LogP contribution in [0, 0.1) is 5.82 Å². The summed E-state index contributed by atoms with van der Waals surface area (Å²) < 4.78 is 15.0. The number of benzene rings is 1. The van der Waals surface area contributed by atoms with Gasteiger partial charge in [0.1, 0.15) is 11.5 Å². The van der Waals surface area contributed by atoms with Gasteiger partial charge in [-0.05, 0) is 57.0 Å². The summed E-state index contributed by atoms with van der Waals surface area (Å²) >= 11 is 0. The van der Waals surface area contributed by atoms with Crippen LogP contribution in [-0.4, -0.2) is 67.4 Å². The molecule has 0 radical (unpaired) electrons. The molecule has 3 aromatic rings. The third-order valence-corrected chi connectivity index (χ3v) is 6.16. The standard InChI is InChI=1S/C25H31FN6O2/c1-15(2)19-12-20(17-6-8-18(26)9-7-17)29-32-14-21(28-22(19)32)23(33)30-10-11-31(16(3)13-30)24(34)25(4,5)27/h6-9,12,14-16H,10-11,13,27H2,1-5H3/t16-/m0/s1. The Labute approximate surface area is 198 Å². The number of carbonyl (C=O) groups is 2. The molecule has 34 heavy (non-hydrogen) atoms. The van der Waals surface area contributed by atoms with Crippen molar-refractivity contribution in [3.8, 4) is 11.3 Å². The van der Waals surface area contributed by atoms with Gasteiger partial charge >= 0.3 is 0 Å². The smallest absolute Gasteiger partial charge is 0.274 e.